The number of anilines is 1. The Kier molecular flexibility index (Phi) is 3.51. The number of hydrogen-bond acceptors (Lipinski definition) is 4. The molecule has 0 saturated carbocycles. The van der Waals surface area contributed by atoms with Crippen molar-refractivity contribution >= 4 is 5.69 Å². The maximum atomic E-state index is 5.82. The third-order valence-electron chi connectivity index (χ3n) is 3.59. The summed E-state index contributed by atoms with van der Waals surface area (Å²) in [7, 11) is 0. The number of ether oxygens (including phenoxy) is 3. The van der Waals surface area contributed by atoms with Gasteiger partial charge in [0.05, 0.1) is 24.9 Å². The van der Waals surface area contributed by atoms with Gasteiger partial charge in [-0.25, -0.2) is 0 Å². The van der Waals surface area contributed by atoms with Crippen molar-refractivity contribution in [2.24, 2.45) is 0 Å². The van der Waals surface area contributed by atoms with Crippen molar-refractivity contribution in [1.29, 1.82) is 0 Å². The first kappa shape index (κ1) is 12.6. The fourth-order valence-corrected chi connectivity index (χ4v) is 2.70. The van der Waals surface area contributed by atoms with E-state index in [1.54, 1.807) is 0 Å². The van der Waals surface area contributed by atoms with Gasteiger partial charge >= 0.3 is 0 Å². The van der Waals surface area contributed by atoms with Crippen molar-refractivity contribution in [2.75, 3.05) is 25.1 Å². The average molecular weight is 263 g/mol. The van der Waals surface area contributed by atoms with E-state index in [-0.39, 0.29) is 6.10 Å². The molecule has 2 unspecified atom stereocenters. The van der Waals surface area contributed by atoms with E-state index in [1.165, 1.54) is 5.56 Å². The van der Waals surface area contributed by atoms with Crippen LogP contribution in [0, 0.1) is 0 Å². The Hall–Kier alpha value is -1.42. The summed E-state index contributed by atoms with van der Waals surface area (Å²) < 4.78 is 17.0. The molecule has 1 aromatic carbocycles. The van der Waals surface area contributed by atoms with Crippen LogP contribution in [-0.2, 0) is 11.2 Å². The van der Waals surface area contributed by atoms with Crippen LogP contribution in [0.5, 0.6) is 11.5 Å². The number of benzene rings is 1. The summed E-state index contributed by atoms with van der Waals surface area (Å²) in [6.45, 7) is 6.37. The second kappa shape index (κ2) is 5.29. The minimum atomic E-state index is 0.259. The molecule has 0 bridgehead atoms. The van der Waals surface area contributed by atoms with E-state index < -0.39 is 0 Å². The zero-order valence-electron chi connectivity index (χ0n) is 11.6. The van der Waals surface area contributed by atoms with Crippen molar-refractivity contribution < 1.29 is 14.2 Å². The molecule has 1 fully saturated rings. The smallest absolute Gasteiger partial charge is 0.142 e. The van der Waals surface area contributed by atoms with Gasteiger partial charge in [-0.15, -0.1) is 0 Å². The molecule has 1 saturated heterocycles. The molecule has 3 rings (SSSR count). The van der Waals surface area contributed by atoms with Gasteiger partial charge < -0.3 is 19.5 Å². The molecule has 0 aliphatic carbocycles. The highest BCUT2D eigenvalue weighted by atomic mass is 16.5. The molecule has 0 aromatic heterocycles. The number of hydrogen-bond donors (Lipinski definition) is 1. The van der Waals surface area contributed by atoms with E-state index in [0.29, 0.717) is 12.6 Å². The topological polar surface area (TPSA) is 39.7 Å². The molecular formula is C15H21NO3. The van der Waals surface area contributed by atoms with Gasteiger partial charge in [-0.3, -0.25) is 0 Å². The Labute approximate surface area is 114 Å². The third-order valence-corrected chi connectivity index (χ3v) is 3.59. The summed E-state index contributed by atoms with van der Waals surface area (Å²) in [4.78, 5) is 0. The first-order chi connectivity index (χ1) is 9.26. The summed E-state index contributed by atoms with van der Waals surface area (Å²) in [5.74, 6) is 1.91. The average Bonchev–Trinajstić information content (AvgIpc) is 2.98. The van der Waals surface area contributed by atoms with Gasteiger partial charge in [-0.2, -0.15) is 0 Å². The van der Waals surface area contributed by atoms with Crippen LogP contribution < -0.4 is 14.8 Å². The van der Waals surface area contributed by atoms with E-state index in [2.05, 4.69) is 24.4 Å². The normalized spacial score (nSPS) is 24.9. The summed E-state index contributed by atoms with van der Waals surface area (Å²) in [6, 6.07) is 4.55. The SMILES string of the molecule is CCOc1cc2c(cc1NC1CCOC1)OC(C)C2. The van der Waals surface area contributed by atoms with Crippen molar-refractivity contribution in [3.63, 3.8) is 0 Å². The quantitative estimate of drug-likeness (QED) is 0.906. The fraction of sp³-hybridized carbons (Fsp3) is 0.600. The van der Waals surface area contributed by atoms with Crippen LogP contribution in [0.3, 0.4) is 0 Å². The van der Waals surface area contributed by atoms with Gasteiger partial charge in [-0.05, 0) is 26.3 Å². The van der Waals surface area contributed by atoms with Crippen LogP contribution in [0.25, 0.3) is 0 Å². The summed E-state index contributed by atoms with van der Waals surface area (Å²) >= 11 is 0. The van der Waals surface area contributed by atoms with Crippen LogP contribution in [0.15, 0.2) is 12.1 Å². The van der Waals surface area contributed by atoms with E-state index >= 15 is 0 Å². The standard InChI is InChI=1S/C15H21NO3/c1-3-18-15-7-11-6-10(2)19-14(11)8-13(15)16-12-4-5-17-9-12/h7-8,10,12,16H,3-6,9H2,1-2H3. The third kappa shape index (κ3) is 2.63. The van der Waals surface area contributed by atoms with Crippen LogP contribution >= 0.6 is 0 Å². The Morgan fingerprint density at radius 1 is 1.42 bits per heavy atom. The molecule has 0 radical (unpaired) electrons. The van der Waals surface area contributed by atoms with Crippen molar-refractivity contribution in [1.82, 2.24) is 0 Å². The van der Waals surface area contributed by atoms with Crippen LogP contribution in [0.4, 0.5) is 5.69 Å². The highest BCUT2D eigenvalue weighted by molar-refractivity contribution is 5.63. The van der Waals surface area contributed by atoms with E-state index in [4.69, 9.17) is 14.2 Å². The molecule has 2 atom stereocenters. The fourth-order valence-electron chi connectivity index (χ4n) is 2.70. The second-order valence-corrected chi connectivity index (χ2v) is 5.23. The largest absolute Gasteiger partial charge is 0.492 e. The zero-order chi connectivity index (χ0) is 13.2. The van der Waals surface area contributed by atoms with E-state index in [1.807, 2.05) is 6.92 Å². The van der Waals surface area contributed by atoms with Gasteiger partial charge in [0.1, 0.15) is 17.6 Å². The molecule has 2 heterocycles. The Bertz CT molecular complexity index is 455. The molecule has 2 aliphatic heterocycles. The maximum Gasteiger partial charge on any atom is 0.142 e. The van der Waals surface area contributed by atoms with Crippen molar-refractivity contribution in [3.8, 4) is 11.5 Å². The molecule has 0 amide bonds. The van der Waals surface area contributed by atoms with Gasteiger partial charge in [-0.1, -0.05) is 0 Å². The number of fused-ring (bicyclic) bond motifs is 1. The molecule has 0 spiro atoms. The van der Waals surface area contributed by atoms with Gasteiger partial charge in [0.25, 0.3) is 0 Å². The summed E-state index contributed by atoms with van der Waals surface area (Å²) in [5.41, 5.74) is 2.26. The van der Waals surface area contributed by atoms with Crippen LogP contribution in [-0.4, -0.2) is 32.0 Å². The Morgan fingerprint density at radius 3 is 3.05 bits per heavy atom. The predicted molar refractivity (Wildman–Crippen MR) is 74.3 cm³/mol. The summed E-state index contributed by atoms with van der Waals surface area (Å²) in [5, 5.41) is 3.51. The van der Waals surface area contributed by atoms with Crippen LogP contribution in [0.2, 0.25) is 0 Å². The van der Waals surface area contributed by atoms with Gasteiger partial charge in [0.15, 0.2) is 0 Å². The Balaban J connectivity index is 1.85. The minimum absolute atomic E-state index is 0.259. The lowest BCUT2D eigenvalue weighted by atomic mass is 10.1. The first-order valence-electron chi connectivity index (χ1n) is 7.07. The van der Waals surface area contributed by atoms with Gasteiger partial charge in [0, 0.05) is 24.7 Å². The molecule has 104 valence electrons. The highest BCUT2D eigenvalue weighted by Crippen LogP contribution is 2.38. The van der Waals surface area contributed by atoms with Gasteiger partial charge in [0.2, 0.25) is 0 Å². The van der Waals surface area contributed by atoms with Crippen LogP contribution in [0.1, 0.15) is 25.8 Å². The molecule has 1 N–H and O–H groups in total. The monoisotopic (exact) mass is 263 g/mol. The highest BCUT2D eigenvalue weighted by Gasteiger charge is 2.23. The first-order valence-corrected chi connectivity index (χ1v) is 7.07. The number of rotatable bonds is 4. The lowest BCUT2D eigenvalue weighted by Crippen LogP contribution is -2.19. The lowest BCUT2D eigenvalue weighted by molar-refractivity contribution is 0.195. The second-order valence-electron chi connectivity index (χ2n) is 5.23. The summed E-state index contributed by atoms with van der Waals surface area (Å²) in [6.07, 6.45) is 2.26. The minimum Gasteiger partial charge on any atom is -0.492 e. The molecular weight excluding hydrogens is 242 g/mol. The van der Waals surface area contributed by atoms with Crippen molar-refractivity contribution in [2.45, 2.75) is 38.8 Å². The zero-order valence-corrected chi connectivity index (χ0v) is 11.6. The molecule has 2 aliphatic rings. The van der Waals surface area contributed by atoms with Crippen molar-refractivity contribution in [3.05, 3.63) is 17.7 Å². The maximum absolute atomic E-state index is 5.82. The molecule has 4 heteroatoms. The lowest BCUT2D eigenvalue weighted by Gasteiger charge is -2.17. The predicted octanol–water partition coefficient (Wildman–Crippen LogP) is 2.61. The number of nitrogens with one attached hydrogen (secondary N) is 1. The molecule has 19 heavy (non-hydrogen) atoms. The molecule has 4 nitrogen and oxygen atoms in total. The van der Waals surface area contributed by atoms with E-state index in [9.17, 15) is 0 Å². The molecule has 1 aromatic rings. The Morgan fingerprint density at radius 2 is 2.32 bits per heavy atom. The van der Waals surface area contributed by atoms with E-state index in [0.717, 1.165) is 43.2 Å².